The summed E-state index contributed by atoms with van der Waals surface area (Å²) in [6, 6.07) is 5.94. The fraction of sp³-hybridized carbons (Fsp3) is 0.385. The number of carbonyl (C=O) groups is 1. The van der Waals surface area contributed by atoms with E-state index in [9.17, 15) is 4.79 Å². The van der Waals surface area contributed by atoms with Crippen molar-refractivity contribution in [3.63, 3.8) is 0 Å². The fourth-order valence-electron chi connectivity index (χ4n) is 2.30. The molecule has 88 valence electrons. The maximum atomic E-state index is 11.1. The second-order valence-corrected chi connectivity index (χ2v) is 4.94. The number of aromatic nitrogens is 2. The van der Waals surface area contributed by atoms with Crippen LogP contribution in [-0.2, 0) is 11.2 Å². The second-order valence-electron chi connectivity index (χ2n) is 4.94. The first-order valence-electron chi connectivity index (χ1n) is 5.78. The summed E-state index contributed by atoms with van der Waals surface area (Å²) in [5, 5.41) is 9.16. The standard InChI is InChI=1S/C13H14N2O2/c1-8-14-10-3-2-9(6-11(10)15-8)7-13(4-5-13)12(16)17/h2-3,6H,4-5,7H2,1H3,(H,14,15)(H,16,17). The Balaban J connectivity index is 1.93. The van der Waals surface area contributed by atoms with Crippen molar-refractivity contribution in [2.75, 3.05) is 0 Å². The minimum atomic E-state index is -0.668. The van der Waals surface area contributed by atoms with Crippen LogP contribution < -0.4 is 0 Å². The molecule has 4 nitrogen and oxygen atoms in total. The summed E-state index contributed by atoms with van der Waals surface area (Å²) in [6.07, 6.45) is 2.21. The van der Waals surface area contributed by atoms with Crippen molar-refractivity contribution in [3.8, 4) is 0 Å². The Morgan fingerprint density at radius 1 is 1.53 bits per heavy atom. The van der Waals surface area contributed by atoms with Crippen LogP contribution in [0.4, 0.5) is 0 Å². The fourth-order valence-corrected chi connectivity index (χ4v) is 2.30. The number of aliphatic carboxylic acids is 1. The van der Waals surface area contributed by atoms with Crippen molar-refractivity contribution < 1.29 is 9.90 Å². The lowest BCUT2D eigenvalue weighted by Crippen LogP contribution is -2.17. The Kier molecular flexibility index (Phi) is 2.02. The topological polar surface area (TPSA) is 66.0 Å². The van der Waals surface area contributed by atoms with Crippen LogP contribution >= 0.6 is 0 Å². The lowest BCUT2D eigenvalue weighted by molar-refractivity contribution is -0.143. The summed E-state index contributed by atoms with van der Waals surface area (Å²) in [7, 11) is 0. The number of H-pyrrole nitrogens is 1. The Hall–Kier alpha value is -1.84. The number of nitrogens with zero attached hydrogens (tertiary/aromatic N) is 1. The van der Waals surface area contributed by atoms with Crippen LogP contribution in [0.25, 0.3) is 11.0 Å². The Bertz CT molecular complexity index is 596. The molecule has 1 heterocycles. The largest absolute Gasteiger partial charge is 0.481 e. The zero-order valence-corrected chi connectivity index (χ0v) is 9.66. The number of rotatable bonds is 3. The number of carboxylic acid groups (broad SMARTS) is 1. The highest BCUT2D eigenvalue weighted by atomic mass is 16.4. The summed E-state index contributed by atoms with van der Waals surface area (Å²) in [5.41, 5.74) is 2.50. The van der Waals surface area contributed by atoms with E-state index in [2.05, 4.69) is 9.97 Å². The number of hydrogen-bond donors (Lipinski definition) is 2. The van der Waals surface area contributed by atoms with Gasteiger partial charge in [-0.15, -0.1) is 0 Å². The third kappa shape index (κ3) is 1.69. The minimum Gasteiger partial charge on any atom is -0.481 e. The van der Waals surface area contributed by atoms with Crippen molar-refractivity contribution >= 4 is 17.0 Å². The molecule has 4 heteroatoms. The number of hydrogen-bond acceptors (Lipinski definition) is 2. The van der Waals surface area contributed by atoms with E-state index in [4.69, 9.17) is 5.11 Å². The molecule has 1 aromatic carbocycles. The van der Waals surface area contributed by atoms with E-state index in [1.807, 2.05) is 25.1 Å². The number of aromatic amines is 1. The smallest absolute Gasteiger partial charge is 0.309 e. The number of benzene rings is 1. The van der Waals surface area contributed by atoms with Crippen LogP contribution in [0.5, 0.6) is 0 Å². The average Bonchev–Trinajstić information content (AvgIpc) is 2.94. The molecule has 0 unspecified atom stereocenters. The lowest BCUT2D eigenvalue weighted by Gasteiger charge is -2.09. The first kappa shape index (κ1) is 10.3. The first-order valence-corrected chi connectivity index (χ1v) is 5.78. The van der Waals surface area contributed by atoms with Gasteiger partial charge in [0.1, 0.15) is 5.82 Å². The van der Waals surface area contributed by atoms with E-state index in [0.717, 1.165) is 35.3 Å². The zero-order chi connectivity index (χ0) is 12.0. The van der Waals surface area contributed by atoms with Crippen LogP contribution in [0.2, 0.25) is 0 Å². The molecule has 0 aliphatic heterocycles. The molecule has 1 aliphatic carbocycles. The Morgan fingerprint density at radius 3 is 2.94 bits per heavy atom. The summed E-state index contributed by atoms with van der Waals surface area (Å²) in [5.74, 6) is 0.218. The number of imidazole rings is 1. The predicted octanol–water partition coefficient (Wildman–Crippen LogP) is 2.28. The highest BCUT2D eigenvalue weighted by molar-refractivity contribution is 5.79. The molecule has 1 aliphatic rings. The molecule has 1 fully saturated rings. The average molecular weight is 230 g/mol. The van der Waals surface area contributed by atoms with Crippen LogP contribution in [0.15, 0.2) is 18.2 Å². The summed E-state index contributed by atoms with van der Waals surface area (Å²) < 4.78 is 0. The molecule has 17 heavy (non-hydrogen) atoms. The third-order valence-electron chi connectivity index (χ3n) is 3.51. The summed E-state index contributed by atoms with van der Waals surface area (Å²) in [6.45, 7) is 1.92. The molecule has 0 radical (unpaired) electrons. The molecule has 0 spiro atoms. The van der Waals surface area contributed by atoms with Crippen LogP contribution in [0.1, 0.15) is 24.2 Å². The first-order chi connectivity index (χ1) is 8.09. The number of aryl methyl sites for hydroxylation is 1. The molecular weight excluding hydrogens is 216 g/mol. The van der Waals surface area contributed by atoms with Gasteiger partial charge in [-0.1, -0.05) is 6.07 Å². The van der Waals surface area contributed by atoms with Crippen molar-refractivity contribution in [1.82, 2.24) is 9.97 Å². The van der Waals surface area contributed by atoms with E-state index in [-0.39, 0.29) is 0 Å². The van der Waals surface area contributed by atoms with Crippen LogP contribution in [0, 0.1) is 12.3 Å². The van der Waals surface area contributed by atoms with Gasteiger partial charge in [0.2, 0.25) is 0 Å². The van der Waals surface area contributed by atoms with Gasteiger partial charge in [-0.05, 0) is 43.9 Å². The Labute approximate surface area is 98.7 Å². The van der Waals surface area contributed by atoms with Gasteiger partial charge in [0.05, 0.1) is 16.4 Å². The molecule has 0 saturated heterocycles. The Morgan fingerprint density at radius 2 is 2.29 bits per heavy atom. The lowest BCUT2D eigenvalue weighted by atomic mass is 9.96. The van der Waals surface area contributed by atoms with E-state index in [1.54, 1.807) is 0 Å². The molecule has 1 saturated carbocycles. The quantitative estimate of drug-likeness (QED) is 0.850. The van der Waals surface area contributed by atoms with E-state index < -0.39 is 11.4 Å². The molecule has 1 aromatic heterocycles. The van der Waals surface area contributed by atoms with Crippen molar-refractivity contribution in [3.05, 3.63) is 29.6 Å². The molecule has 2 N–H and O–H groups in total. The third-order valence-corrected chi connectivity index (χ3v) is 3.51. The highest BCUT2D eigenvalue weighted by Gasteiger charge is 2.49. The van der Waals surface area contributed by atoms with Crippen LogP contribution in [0.3, 0.4) is 0 Å². The van der Waals surface area contributed by atoms with Gasteiger partial charge in [0.15, 0.2) is 0 Å². The number of nitrogens with one attached hydrogen (secondary N) is 1. The molecule has 0 amide bonds. The maximum Gasteiger partial charge on any atom is 0.309 e. The monoisotopic (exact) mass is 230 g/mol. The van der Waals surface area contributed by atoms with Gasteiger partial charge in [0, 0.05) is 0 Å². The van der Waals surface area contributed by atoms with E-state index >= 15 is 0 Å². The second kappa shape index (κ2) is 3.32. The molecule has 2 aromatic rings. The molecule has 3 rings (SSSR count). The van der Waals surface area contributed by atoms with Crippen molar-refractivity contribution in [1.29, 1.82) is 0 Å². The SMILES string of the molecule is Cc1nc2ccc(CC3(C(=O)O)CC3)cc2[nH]1. The van der Waals surface area contributed by atoms with Gasteiger partial charge >= 0.3 is 5.97 Å². The van der Waals surface area contributed by atoms with Crippen molar-refractivity contribution in [2.24, 2.45) is 5.41 Å². The van der Waals surface area contributed by atoms with Gasteiger partial charge in [-0.25, -0.2) is 4.98 Å². The summed E-state index contributed by atoms with van der Waals surface area (Å²) in [4.78, 5) is 18.6. The highest BCUT2D eigenvalue weighted by Crippen LogP contribution is 2.48. The number of fused-ring (bicyclic) bond motifs is 1. The van der Waals surface area contributed by atoms with Gasteiger partial charge in [-0.2, -0.15) is 0 Å². The predicted molar refractivity (Wildman–Crippen MR) is 63.8 cm³/mol. The van der Waals surface area contributed by atoms with E-state index in [1.165, 1.54) is 0 Å². The van der Waals surface area contributed by atoms with Gasteiger partial charge in [0.25, 0.3) is 0 Å². The maximum absolute atomic E-state index is 11.1. The number of carboxylic acids is 1. The summed E-state index contributed by atoms with van der Waals surface area (Å²) >= 11 is 0. The normalized spacial score (nSPS) is 17.2. The molecular formula is C13H14N2O2. The van der Waals surface area contributed by atoms with Gasteiger partial charge < -0.3 is 10.1 Å². The van der Waals surface area contributed by atoms with Gasteiger partial charge in [-0.3, -0.25) is 4.79 Å². The molecule has 0 atom stereocenters. The minimum absolute atomic E-state index is 0.497. The molecule has 0 bridgehead atoms. The zero-order valence-electron chi connectivity index (χ0n) is 9.66. The van der Waals surface area contributed by atoms with E-state index in [0.29, 0.717) is 6.42 Å². The van der Waals surface area contributed by atoms with Crippen LogP contribution in [-0.4, -0.2) is 21.0 Å². The van der Waals surface area contributed by atoms with Crippen molar-refractivity contribution in [2.45, 2.75) is 26.2 Å².